The molecular formula is C18H19NO3S. The zero-order chi connectivity index (χ0) is 16.1. The fourth-order valence-electron chi connectivity index (χ4n) is 2.84. The van der Waals surface area contributed by atoms with Gasteiger partial charge in [0.1, 0.15) is 6.61 Å². The summed E-state index contributed by atoms with van der Waals surface area (Å²) in [7, 11) is 0. The maximum Gasteiger partial charge on any atom is 0.410 e. The van der Waals surface area contributed by atoms with Crippen LogP contribution in [0.1, 0.15) is 34.5 Å². The molecule has 23 heavy (non-hydrogen) atoms. The van der Waals surface area contributed by atoms with E-state index in [1.807, 2.05) is 47.8 Å². The minimum absolute atomic E-state index is 0.0483. The van der Waals surface area contributed by atoms with Crippen molar-refractivity contribution in [3.05, 3.63) is 58.3 Å². The minimum atomic E-state index is -0.324. The summed E-state index contributed by atoms with van der Waals surface area (Å²) in [5, 5.41) is 1.90. The Balaban J connectivity index is 1.55. The van der Waals surface area contributed by atoms with Crippen LogP contribution in [0.25, 0.3) is 0 Å². The van der Waals surface area contributed by atoms with E-state index < -0.39 is 0 Å². The van der Waals surface area contributed by atoms with Crippen molar-refractivity contribution in [2.75, 3.05) is 6.54 Å². The van der Waals surface area contributed by atoms with Gasteiger partial charge in [-0.1, -0.05) is 36.4 Å². The van der Waals surface area contributed by atoms with E-state index in [-0.39, 0.29) is 24.5 Å². The van der Waals surface area contributed by atoms with Crippen molar-refractivity contribution in [1.29, 1.82) is 0 Å². The van der Waals surface area contributed by atoms with E-state index in [9.17, 15) is 9.59 Å². The van der Waals surface area contributed by atoms with Crippen molar-refractivity contribution in [3.63, 3.8) is 0 Å². The topological polar surface area (TPSA) is 46.6 Å². The summed E-state index contributed by atoms with van der Waals surface area (Å²) >= 11 is 1.45. The summed E-state index contributed by atoms with van der Waals surface area (Å²) in [6, 6.07) is 13.3. The zero-order valence-corrected chi connectivity index (χ0v) is 13.6. The number of likely N-dealkylation sites (tertiary alicyclic amines) is 1. The molecule has 1 atom stereocenters. The highest BCUT2D eigenvalue weighted by Gasteiger charge is 2.31. The number of carbonyl (C=O) groups is 2. The number of amides is 1. The van der Waals surface area contributed by atoms with Crippen LogP contribution in [0.5, 0.6) is 0 Å². The molecule has 1 fully saturated rings. The number of ether oxygens (including phenoxy) is 1. The van der Waals surface area contributed by atoms with Crippen LogP contribution in [0.2, 0.25) is 0 Å². The van der Waals surface area contributed by atoms with E-state index in [0.717, 1.165) is 23.3 Å². The molecule has 0 radical (unpaired) electrons. The molecule has 0 saturated carbocycles. The number of hydrogen-bond acceptors (Lipinski definition) is 4. The first-order valence-corrected chi connectivity index (χ1v) is 8.66. The van der Waals surface area contributed by atoms with E-state index >= 15 is 0 Å². The number of benzene rings is 1. The van der Waals surface area contributed by atoms with Crippen molar-refractivity contribution < 1.29 is 14.3 Å². The third kappa shape index (κ3) is 3.99. The lowest BCUT2D eigenvalue weighted by Gasteiger charge is -2.23. The number of Topliss-reactive ketones (excluding diaryl/α,β-unsaturated/α-hetero) is 1. The molecule has 1 aliphatic heterocycles. The lowest BCUT2D eigenvalue weighted by atomic mass is 10.1. The molecule has 2 aromatic rings. The minimum Gasteiger partial charge on any atom is -0.445 e. The van der Waals surface area contributed by atoms with Crippen LogP contribution in [0, 0.1) is 0 Å². The third-order valence-electron chi connectivity index (χ3n) is 4.03. The highest BCUT2D eigenvalue weighted by molar-refractivity contribution is 7.12. The number of ketones is 1. The Bertz CT molecular complexity index is 654. The second-order valence-electron chi connectivity index (χ2n) is 5.63. The summed E-state index contributed by atoms with van der Waals surface area (Å²) in [6.07, 6.45) is 1.83. The molecule has 2 heterocycles. The Kier molecular flexibility index (Phi) is 5.08. The highest BCUT2D eigenvalue weighted by atomic mass is 32.1. The van der Waals surface area contributed by atoms with Gasteiger partial charge in [0.05, 0.1) is 4.88 Å². The summed E-state index contributed by atoms with van der Waals surface area (Å²) < 4.78 is 5.39. The Morgan fingerprint density at radius 1 is 1.17 bits per heavy atom. The maximum absolute atomic E-state index is 12.3. The van der Waals surface area contributed by atoms with Crippen molar-refractivity contribution in [2.45, 2.75) is 31.9 Å². The highest BCUT2D eigenvalue weighted by Crippen LogP contribution is 2.24. The zero-order valence-electron chi connectivity index (χ0n) is 12.8. The van der Waals surface area contributed by atoms with Crippen LogP contribution in [0.4, 0.5) is 4.79 Å². The van der Waals surface area contributed by atoms with Gasteiger partial charge in [-0.25, -0.2) is 4.79 Å². The standard InChI is InChI=1S/C18H19NO3S/c20-16(17-9-5-11-23-17)12-15-8-4-10-19(15)18(21)22-13-14-6-2-1-3-7-14/h1-3,5-7,9,11,15H,4,8,10,12-13H2. The van der Waals surface area contributed by atoms with Crippen LogP contribution >= 0.6 is 11.3 Å². The summed E-state index contributed by atoms with van der Waals surface area (Å²) in [4.78, 5) is 27.0. The number of rotatable bonds is 5. The quantitative estimate of drug-likeness (QED) is 0.775. The van der Waals surface area contributed by atoms with Gasteiger partial charge in [-0.2, -0.15) is 0 Å². The van der Waals surface area contributed by atoms with Gasteiger partial charge >= 0.3 is 6.09 Å². The van der Waals surface area contributed by atoms with Crippen LogP contribution in [0.15, 0.2) is 47.8 Å². The van der Waals surface area contributed by atoms with Gasteiger partial charge in [-0.15, -0.1) is 11.3 Å². The summed E-state index contributed by atoms with van der Waals surface area (Å²) in [6.45, 7) is 0.928. The van der Waals surface area contributed by atoms with E-state index in [1.165, 1.54) is 11.3 Å². The fourth-order valence-corrected chi connectivity index (χ4v) is 3.52. The average molecular weight is 329 g/mol. The summed E-state index contributed by atoms with van der Waals surface area (Å²) in [5.41, 5.74) is 0.964. The Morgan fingerprint density at radius 2 is 2.00 bits per heavy atom. The molecule has 1 aromatic heterocycles. The van der Waals surface area contributed by atoms with Crippen molar-refractivity contribution >= 4 is 23.2 Å². The van der Waals surface area contributed by atoms with Gasteiger partial charge in [-0.3, -0.25) is 4.79 Å². The smallest absolute Gasteiger partial charge is 0.410 e. The molecule has 3 rings (SSSR count). The molecule has 0 N–H and O–H groups in total. The molecule has 1 aliphatic rings. The van der Waals surface area contributed by atoms with E-state index in [4.69, 9.17) is 4.74 Å². The molecular weight excluding hydrogens is 310 g/mol. The van der Waals surface area contributed by atoms with Gasteiger partial charge in [0.2, 0.25) is 0 Å². The van der Waals surface area contributed by atoms with E-state index in [0.29, 0.717) is 13.0 Å². The van der Waals surface area contributed by atoms with Crippen LogP contribution in [-0.4, -0.2) is 29.4 Å². The predicted molar refractivity (Wildman–Crippen MR) is 89.6 cm³/mol. The Hall–Kier alpha value is -2.14. The Morgan fingerprint density at radius 3 is 2.74 bits per heavy atom. The number of thiophene rings is 1. The SMILES string of the molecule is O=C(CC1CCCN1C(=O)OCc1ccccc1)c1cccs1. The predicted octanol–water partition coefficient (Wildman–Crippen LogP) is 4.12. The number of hydrogen-bond donors (Lipinski definition) is 0. The first-order valence-electron chi connectivity index (χ1n) is 7.78. The van der Waals surface area contributed by atoms with Crippen LogP contribution in [-0.2, 0) is 11.3 Å². The normalized spacial score (nSPS) is 17.2. The van der Waals surface area contributed by atoms with Crippen molar-refractivity contribution in [1.82, 2.24) is 4.90 Å². The van der Waals surface area contributed by atoms with Gasteiger partial charge in [0.25, 0.3) is 0 Å². The van der Waals surface area contributed by atoms with Crippen LogP contribution < -0.4 is 0 Å². The number of carbonyl (C=O) groups excluding carboxylic acids is 2. The molecule has 1 saturated heterocycles. The van der Waals surface area contributed by atoms with Gasteiger partial charge in [0.15, 0.2) is 5.78 Å². The van der Waals surface area contributed by atoms with Gasteiger partial charge in [0, 0.05) is 19.0 Å². The van der Waals surface area contributed by atoms with Crippen LogP contribution in [0.3, 0.4) is 0 Å². The van der Waals surface area contributed by atoms with E-state index in [1.54, 1.807) is 4.90 Å². The molecule has 5 heteroatoms. The molecule has 4 nitrogen and oxygen atoms in total. The van der Waals surface area contributed by atoms with E-state index in [2.05, 4.69) is 0 Å². The molecule has 120 valence electrons. The fraction of sp³-hybridized carbons (Fsp3) is 0.333. The third-order valence-corrected chi connectivity index (χ3v) is 4.94. The van der Waals surface area contributed by atoms with Gasteiger partial charge in [-0.05, 0) is 29.9 Å². The lowest BCUT2D eigenvalue weighted by molar-refractivity contribution is 0.0835. The summed E-state index contributed by atoms with van der Waals surface area (Å²) in [5.74, 6) is 0.104. The maximum atomic E-state index is 12.3. The van der Waals surface area contributed by atoms with Gasteiger partial charge < -0.3 is 9.64 Å². The monoisotopic (exact) mass is 329 g/mol. The first-order chi connectivity index (χ1) is 11.2. The molecule has 1 amide bonds. The average Bonchev–Trinajstić information content (AvgIpc) is 3.25. The number of nitrogens with zero attached hydrogens (tertiary/aromatic N) is 1. The Labute approximate surface area is 139 Å². The molecule has 0 aliphatic carbocycles. The first kappa shape index (κ1) is 15.7. The molecule has 0 bridgehead atoms. The molecule has 1 unspecified atom stereocenters. The lowest BCUT2D eigenvalue weighted by Crippen LogP contribution is -2.37. The largest absolute Gasteiger partial charge is 0.445 e. The second-order valence-corrected chi connectivity index (χ2v) is 6.58. The molecule has 1 aromatic carbocycles. The van der Waals surface area contributed by atoms with Crippen molar-refractivity contribution in [2.24, 2.45) is 0 Å². The molecule has 0 spiro atoms. The van der Waals surface area contributed by atoms with Crippen molar-refractivity contribution in [3.8, 4) is 0 Å². The second kappa shape index (κ2) is 7.42.